The largest absolute Gasteiger partial charge is 0.378 e. The van der Waals surface area contributed by atoms with Crippen molar-refractivity contribution >= 4 is 16.9 Å². The Kier molecular flexibility index (Phi) is 2.46. The summed E-state index contributed by atoms with van der Waals surface area (Å²) in [6, 6.07) is 0. The highest BCUT2D eigenvalue weighted by Gasteiger charge is 2.23. The average molecular weight is 199 g/mol. The van der Waals surface area contributed by atoms with Crippen LogP contribution in [0.3, 0.4) is 0 Å². The van der Waals surface area contributed by atoms with Gasteiger partial charge in [0.1, 0.15) is 0 Å². The van der Waals surface area contributed by atoms with Crippen LogP contribution in [0.4, 0.5) is 0 Å². The highest BCUT2D eigenvalue weighted by molar-refractivity contribution is 8.17. The maximum atomic E-state index is 5.27. The maximum Gasteiger partial charge on any atom is 0.190 e. The van der Waals surface area contributed by atoms with Gasteiger partial charge < -0.3 is 9.64 Å². The predicted octanol–water partition coefficient (Wildman–Crippen LogP) is 0.739. The van der Waals surface area contributed by atoms with E-state index in [1.807, 2.05) is 12.1 Å². The molecular formula is C8H13N3OS. The van der Waals surface area contributed by atoms with Gasteiger partial charge in [0.25, 0.3) is 0 Å². The zero-order valence-electron chi connectivity index (χ0n) is 7.69. The van der Waals surface area contributed by atoms with Gasteiger partial charge in [0, 0.05) is 20.1 Å². The molecule has 0 aromatic rings. The second-order valence-corrected chi connectivity index (χ2v) is 4.04. The SMILES string of the molecule is C=C1SC(N2CCOCC2)=NN1C. The molecule has 0 aromatic heterocycles. The fraction of sp³-hybridized carbons (Fsp3) is 0.625. The molecule has 2 heterocycles. The number of rotatable bonds is 0. The Morgan fingerprint density at radius 2 is 2.15 bits per heavy atom. The van der Waals surface area contributed by atoms with Crippen LogP contribution in [0.2, 0.25) is 0 Å². The van der Waals surface area contributed by atoms with Crippen LogP contribution in [0.25, 0.3) is 0 Å². The average Bonchev–Trinajstić information content (AvgIpc) is 2.49. The quantitative estimate of drug-likeness (QED) is 0.575. The fourth-order valence-corrected chi connectivity index (χ4v) is 2.12. The molecule has 1 saturated heterocycles. The van der Waals surface area contributed by atoms with Crippen LogP contribution in [0.1, 0.15) is 0 Å². The van der Waals surface area contributed by atoms with Crippen molar-refractivity contribution < 1.29 is 4.74 Å². The first-order valence-corrected chi connectivity index (χ1v) is 5.11. The molecule has 0 aromatic carbocycles. The van der Waals surface area contributed by atoms with Crippen LogP contribution in [-0.4, -0.2) is 48.4 Å². The molecule has 2 rings (SSSR count). The van der Waals surface area contributed by atoms with Gasteiger partial charge in [-0.3, -0.25) is 5.01 Å². The van der Waals surface area contributed by atoms with Gasteiger partial charge >= 0.3 is 0 Å². The molecule has 0 atom stereocenters. The van der Waals surface area contributed by atoms with E-state index in [0.717, 1.165) is 36.5 Å². The first kappa shape index (κ1) is 8.90. The highest BCUT2D eigenvalue weighted by atomic mass is 32.2. The van der Waals surface area contributed by atoms with E-state index in [4.69, 9.17) is 4.74 Å². The molecule has 0 amide bonds. The lowest BCUT2D eigenvalue weighted by Gasteiger charge is -2.26. The lowest BCUT2D eigenvalue weighted by atomic mass is 10.5. The summed E-state index contributed by atoms with van der Waals surface area (Å²) in [7, 11) is 1.92. The van der Waals surface area contributed by atoms with E-state index in [-0.39, 0.29) is 0 Å². The summed E-state index contributed by atoms with van der Waals surface area (Å²) >= 11 is 1.63. The molecule has 5 heteroatoms. The third-order valence-corrected chi connectivity index (χ3v) is 3.11. The van der Waals surface area contributed by atoms with Crippen molar-refractivity contribution in [2.45, 2.75) is 0 Å². The van der Waals surface area contributed by atoms with Crippen molar-refractivity contribution in [3.63, 3.8) is 0 Å². The van der Waals surface area contributed by atoms with Crippen LogP contribution in [0.15, 0.2) is 16.7 Å². The second kappa shape index (κ2) is 3.59. The molecule has 2 aliphatic rings. The van der Waals surface area contributed by atoms with E-state index in [1.165, 1.54) is 0 Å². The Morgan fingerprint density at radius 1 is 1.46 bits per heavy atom. The molecule has 0 saturated carbocycles. The van der Waals surface area contributed by atoms with Crippen molar-refractivity contribution in [3.8, 4) is 0 Å². The van der Waals surface area contributed by atoms with Crippen molar-refractivity contribution in [1.29, 1.82) is 0 Å². The normalized spacial score (nSPS) is 23.8. The van der Waals surface area contributed by atoms with E-state index in [2.05, 4.69) is 16.6 Å². The lowest BCUT2D eigenvalue weighted by Crippen LogP contribution is -2.38. The predicted molar refractivity (Wildman–Crippen MR) is 54.3 cm³/mol. The first-order valence-electron chi connectivity index (χ1n) is 4.29. The Hall–Kier alpha value is -0.680. The van der Waals surface area contributed by atoms with Crippen molar-refractivity contribution in [2.75, 3.05) is 33.4 Å². The summed E-state index contributed by atoms with van der Waals surface area (Å²) in [6.45, 7) is 7.37. The van der Waals surface area contributed by atoms with Gasteiger partial charge in [0.15, 0.2) is 5.17 Å². The third kappa shape index (κ3) is 1.81. The van der Waals surface area contributed by atoms with Gasteiger partial charge in [-0.1, -0.05) is 6.58 Å². The minimum Gasteiger partial charge on any atom is -0.378 e. The van der Waals surface area contributed by atoms with Gasteiger partial charge in [-0.05, 0) is 11.8 Å². The number of hydrogen-bond acceptors (Lipinski definition) is 5. The number of ether oxygens (including phenoxy) is 1. The van der Waals surface area contributed by atoms with Crippen LogP contribution in [0.5, 0.6) is 0 Å². The monoisotopic (exact) mass is 199 g/mol. The zero-order valence-corrected chi connectivity index (χ0v) is 8.51. The maximum absolute atomic E-state index is 5.27. The van der Waals surface area contributed by atoms with Gasteiger partial charge in [-0.2, -0.15) is 0 Å². The van der Waals surface area contributed by atoms with Crippen LogP contribution < -0.4 is 0 Å². The van der Waals surface area contributed by atoms with E-state index in [9.17, 15) is 0 Å². The number of nitrogens with zero attached hydrogens (tertiary/aromatic N) is 3. The summed E-state index contributed by atoms with van der Waals surface area (Å²) in [5.41, 5.74) is 0. The molecule has 0 aliphatic carbocycles. The van der Waals surface area contributed by atoms with E-state index in [0.29, 0.717) is 0 Å². The molecule has 2 aliphatic heterocycles. The van der Waals surface area contributed by atoms with Crippen molar-refractivity contribution in [2.24, 2.45) is 5.10 Å². The summed E-state index contributed by atoms with van der Waals surface area (Å²) in [5.74, 6) is 0. The summed E-state index contributed by atoms with van der Waals surface area (Å²) in [4.78, 5) is 2.24. The molecule has 0 spiro atoms. The summed E-state index contributed by atoms with van der Waals surface area (Å²) < 4.78 is 5.27. The summed E-state index contributed by atoms with van der Waals surface area (Å²) in [5, 5.41) is 8.23. The van der Waals surface area contributed by atoms with E-state index in [1.54, 1.807) is 11.8 Å². The van der Waals surface area contributed by atoms with Crippen molar-refractivity contribution in [1.82, 2.24) is 9.91 Å². The van der Waals surface area contributed by atoms with Crippen LogP contribution >= 0.6 is 11.8 Å². The fourth-order valence-electron chi connectivity index (χ4n) is 1.26. The van der Waals surface area contributed by atoms with Crippen molar-refractivity contribution in [3.05, 3.63) is 11.6 Å². The molecule has 0 radical (unpaired) electrons. The molecular weight excluding hydrogens is 186 g/mol. The molecule has 4 nitrogen and oxygen atoms in total. The molecule has 13 heavy (non-hydrogen) atoms. The smallest absolute Gasteiger partial charge is 0.190 e. The molecule has 1 fully saturated rings. The lowest BCUT2D eigenvalue weighted by molar-refractivity contribution is 0.0690. The minimum absolute atomic E-state index is 0.801. The molecule has 72 valence electrons. The summed E-state index contributed by atoms with van der Waals surface area (Å²) in [6.07, 6.45) is 0. The highest BCUT2D eigenvalue weighted by Crippen LogP contribution is 2.28. The van der Waals surface area contributed by atoms with Gasteiger partial charge in [0.2, 0.25) is 0 Å². The Bertz CT molecular complexity index is 248. The third-order valence-electron chi connectivity index (χ3n) is 2.09. The zero-order chi connectivity index (χ0) is 9.26. The van der Waals surface area contributed by atoms with E-state index < -0.39 is 0 Å². The number of thioether (sulfide) groups is 1. The molecule has 0 bridgehead atoms. The van der Waals surface area contributed by atoms with Crippen LogP contribution in [0, 0.1) is 0 Å². The molecule has 0 unspecified atom stereocenters. The number of hydrazone groups is 1. The standard InChI is InChI=1S/C8H13N3OS/c1-7-10(2)9-8(13-7)11-3-5-12-6-4-11/h1,3-6H2,2H3. The number of amidine groups is 1. The van der Waals surface area contributed by atoms with Crippen LogP contribution in [-0.2, 0) is 4.74 Å². The Balaban J connectivity index is 2.00. The van der Waals surface area contributed by atoms with Gasteiger partial charge in [-0.25, -0.2) is 0 Å². The van der Waals surface area contributed by atoms with Gasteiger partial charge in [-0.15, -0.1) is 5.10 Å². The Labute approximate surface area is 82.2 Å². The molecule has 0 N–H and O–H groups in total. The first-order chi connectivity index (χ1) is 6.27. The minimum atomic E-state index is 0.801. The Morgan fingerprint density at radius 3 is 2.69 bits per heavy atom. The number of hydrogen-bond donors (Lipinski definition) is 0. The van der Waals surface area contributed by atoms with E-state index >= 15 is 0 Å². The van der Waals surface area contributed by atoms with Gasteiger partial charge in [0.05, 0.1) is 18.2 Å². The second-order valence-electron chi connectivity index (χ2n) is 3.00. The topological polar surface area (TPSA) is 28.1 Å². The number of morpholine rings is 1.